The molecule has 4 rings (SSSR count). The monoisotopic (exact) mass is 768 g/mol. The molecule has 3 aliphatic rings. The lowest BCUT2D eigenvalue weighted by Gasteiger charge is -2.49. The molecule has 2 heterocycles. The third-order valence-electron chi connectivity index (χ3n) is 9.17. The summed E-state index contributed by atoms with van der Waals surface area (Å²) in [7, 11) is 0. The third kappa shape index (κ3) is 11.5. The summed E-state index contributed by atoms with van der Waals surface area (Å²) in [6, 6.07) is 1.33. The molecule has 2 aliphatic heterocycles. The normalized spacial score (nSPS) is 38.6. The highest BCUT2D eigenvalue weighted by molar-refractivity contribution is 5.80. The predicted octanol–water partition coefficient (Wildman–Crippen LogP) is -7.64. The van der Waals surface area contributed by atoms with E-state index in [-0.39, 0.29) is 38.2 Å². The summed E-state index contributed by atoms with van der Waals surface area (Å²) < 4.78 is 35.1. The summed E-state index contributed by atoms with van der Waals surface area (Å²) in [6.07, 6.45) is -19.7. The van der Waals surface area contributed by atoms with E-state index in [1.165, 1.54) is 18.2 Å². The summed E-state index contributed by atoms with van der Waals surface area (Å²) in [5, 5.41) is 93.3. The number of benzene rings is 1. The fourth-order valence-electron chi connectivity index (χ4n) is 6.07. The number of carboxylic acid groups (broad SMARTS) is 1. The molecule has 0 radical (unpaired) electrons. The number of carbonyl (C=O) groups excluding carboxylic acids is 1. The molecule has 17 atom stereocenters. The number of nitrogens with two attached hydrogens (primary N) is 5. The molecule has 1 saturated carbocycles. The van der Waals surface area contributed by atoms with E-state index in [1.807, 2.05) is 0 Å². The predicted molar refractivity (Wildman–Crippen MR) is 177 cm³/mol. The molecule has 1 aliphatic carbocycles. The van der Waals surface area contributed by atoms with Crippen molar-refractivity contribution < 1.29 is 78.9 Å². The second kappa shape index (κ2) is 20.4. The van der Waals surface area contributed by atoms with Gasteiger partial charge in [-0.2, -0.15) is 0 Å². The minimum atomic E-state index is -1.76. The maximum atomic E-state index is 12.6. The van der Waals surface area contributed by atoms with Crippen LogP contribution in [-0.2, 0) is 35.0 Å². The van der Waals surface area contributed by atoms with Crippen molar-refractivity contribution in [1.29, 1.82) is 0 Å². The summed E-state index contributed by atoms with van der Waals surface area (Å²) in [6.45, 7) is -0.898. The van der Waals surface area contributed by atoms with Crippen molar-refractivity contribution in [3.63, 3.8) is 0 Å². The molecular weight excluding hydrogens is 715 g/mol. The first-order valence-corrected chi connectivity index (χ1v) is 16.9. The molecule has 2 saturated heterocycles. The SMILES string of the molecule is NC(Cc1cccc(F)c1)C(=O)O.NCCC(O)C(=O)N[C@@H]1C[C@H](N)C(O[C@H]2O[C@H](CN)[C@@H](O)[C@H](O)[C@H]2O)[C@H](O)[C@H]1O[C@H]1O[C@H](CO)[C@@H](O)[C@H](N)[C@H]1O. The van der Waals surface area contributed by atoms with Crippen LogP contribution in [0.4, 0.5) is 4.39 Å². The largest absolute Gasteiger partial charge is 0.480 e. The van der Waals surface area contributed by atoms with Crippen molar-refractivity contribution in [2.75, 3.05) is 19.7 Å². The standard InChI is InChI=1S/C22H43N5O13.C9H10FNO2/c23-2-1-8(29)20(36)27-7-3-6(25)18(39-22-16(34)15(33)13(31)9(4-24)37-22)17(35)19(7)40-21-14(32)11(26)12(30)10(5-28)38-21;10-7-3-1-2-6(4-7)5-8(11)9(12)13/h6-19,21-22,28-35H,1-5,23-26H2,(H,27,36);1-4,8H,5,11H2,(H,12,13)/t6-,7+,8?,9+,10+,11-,12+,13+,14+,15-,16+,17-,18?,19-,21+,22+;/m0./s1. The van der Waals surface area contributed by atoms with Gasteiger partial charge in [0.1, 0.15) is 79.0 Å². The quantitative estimate of drug-likeness (QED) is 0.0886. The number of carboxylic acids is 1. The Kier molecular flexibility index (Phi) is 17.2. The van der Waals surface area contributed by atoms with E-state index < -0.39 is 122 Å². The number of hydrogen-bond donors (Lipinski definition) is 15. The van der Waals surface area contributed by atoms with Gasteiger partial charge < -0.3 is 98.9 Å². The molecule has 1 aromatic carbocycles. The van der Waals surface area contributed by atoms with Crippen molar-refractivity contribution in [3.05, 3.63) is 35.6 Å². The first-order valence-electron chi connectivity index (χ1n) is 16.9. The number of carbonyl (C=O) groups is 2. The summed E-state index contributed by atoms with van der Waals surface area (Å²) in [4.78, 5) is 22.9. The Balaban J connectivity index is 0.000000489. The fraction of sp³-hybridized carbons (Fsp3) is 0.742. The van der Waals surface area contributed by atoms with Crippen LogP contribution < -0.4 is 34.0 Å². The van der Waals surface area contributed by atoms with E-state index in [4.69, 9.17) is 52.7 Å². The Morgan fingerprint density at radius 2 is 1.53 bits per heavy atom. The molecule has 0 aromatic heterocycles. The van der Waals surface area contributed by atoms with Crippen LogP contribution in [-0.4, -0.2) is 181 Å². The summed E-state index contributed by atoms with van der Waals surface area (Å²) >= 11 is 0. The van der Waals surface area contributed by atoms with Gasteiger partial charge in [-0.3, -0.25) is 9.59 Å². The zero-order valence-electron chi connectivity index (χ0n) is 28.6. The van der Waals surface area contributed by atoms with Gasteiger partial charge in [0.2, 0.25) is 5.91 Å². The van der Waals surface area contributed by atoms with Crippen molar-refractivity contribution in [1.82, 2.24) is 5.32 Å². The Bertz CT molecular complexity index is 1310. The minimum Gasteiger partial charge on any atom is -0.480 e. The molecule has 304 valence electrons. The van der Waals surface area contributed by atoms with E-state index in [0.29, 0.717) is 5.56 Å². The topological polar surface area (TPSA) is 395 Å². The van der Waals surface area contributed by atoms with Crippen LogP contribution in [0, 0.1) is 5.82 Å². The molecule has 1 aromatic rings. The maximum absolute atomic E-state index is 12.6. The van der Waals surface area contributed by atoms with E-state index in [9.17, 15) is 54.8 Å². The van der Waals surface area contributed by atoms with Gasteiger partial charge in [0.15, 0.2) is 12.6 Å². The van der Waals surface area contributed by atoms with Crippen LogP contribution in [0.5, 0.6) is 0 Å². The first kappa shape index (κ1) is 44.8. The second-order valence-corrected chi connectivity index (χ2v) is 13.1. The molecule has 3 unspecified atom stereocenters. The van der Waals surface area contributed by atoms with Gasteiger partial charge >= 0.3 is 5.97 Å². The van der Waals surface area contributed by atoms with Crippen molar-refractivity contribution >= 4 is 11.9 Å². The first-order chi connectivity index (χ1) is 24.9. The number of amides is 1. The van der Waals surface area contributed by atoms with Gasteiger partial charge in [-0.25, -0.2) is 4.39 Å². The molecular formula is C31H53FN6O15. The highest BCUT2D eigenvalue weighted by atomic mass is 19.1. The zero-order valence-corrected chi connectivity index (χ0v) is 28.6. The number of aliphatic carboxylic acids is 1. The lowest BCUT2D eigenvalue weighted by molar-refractivity contribution is -0.332. The molecule has 22 heteroatoms. The van der Waals surface area contributed by atoms with E-state index >= 15 is 0 Å². The average molecular weight is 769 g/mol. The van der Waals surface area contributed by atoms with E-state index in [0.717, 1.165) is 0 Å². The number of aliphatic hydroxyl groups excluding tert-OH is 8. The van der Waals surface area contributed by atoms with Crippen LogP contribution in [0.1, 0.15) is 18.4 Å². The smallest absolute Gasteiger partial charge is 0.320 e. The van der Waals surface area contributed by atoms with Gasteiger partial charge in [-0.05, 0) is 43.5 Å². The number of rotatable bonds is 13. The van der Waals surface area contributed by atoms with Gasteiger partial charge in [0.05, 0.1) is 18.7 Å². The fourth-order valence-corrected chi connectivity index (χ4v) is 6.07. The molecule has 3 fully saturated rings. The van der Waals surface area contributed by atoms with Gasteiger partial charge in [-0.15, -0.1) is 0 Å². The van der Waals surface area contributed by atoms with E-state index in [2.05, 4.69) is 5.32 Å². The Morgan fingerprint density at radius 3 is 2.11 bits per heavy atom. The maximum Gasteiger partial charge on any atom is 0.320 e. The number of ether oxygens (including phenoxy) is 4. The molecule has 21 nitrogen and oxygen atoms in total. The van der Waals surface area contributed by atoms with Crippen molar-refractivity contribution in [3.8, 4) is 0 Å². The average Bonchev–Trinajstić information content (AvgIpc) is 3.11. The van der Waals surface area contributed by atoms with Crippen LogP contribution in [0.25, 0.3) is 0 Å². The van der Waals surface area contributed by atoms with Crippen LogP contribution >= 0.6 is 0 Å². The summed E-state index contributed by atoms with van der Waals surface area (Å²) in [5.74, 6) is -2.30. The molecule has 0 bridgehead atoms. The van der Waals surface area contributed by atoms with Crippen molar-refractivity contribution in [2.24, 2.45) is 28.7 Å². The number of hydrogen-bond acceptors (Lipinski definition) is 19. The van der Waals surface area contributed by atoms with Crippen LogP contribution in [0.2, 0.25) is 0 Å². The lowest BCUT2D eigenvalue weighted by Crippen LogP contribution is -2.69. The van der Waals surface area contributed by atoms with Gasteiger partial charge in [0.25, 0.3) is 0 Å². The number of aliphatic hydroxyl groups is 8. The van der Waals surface area contributed by atoms with E-state index in [1.54, 1.807) is 6.07 Å². The molecule has 20 N–H and O–H groups in total. The molecule has 1 amide bonds. The summed E-state index contributed by atoms with van der Waals surface area (Å²) in [5.41, 5.74) is 28.9. The van der Waals surface area contributed by atoms with Crippen LogP contribution in [0.15, 0.2) is 24.3 Å². The third-order valence-corrected chi connectivity index (χ3v) is 9.17. The number of nitrogens with one attached hydrogen (secondary N) is 1. The highest BCUT2D eigenvalue weighted by Crippen LogP contribution is 2.32. The highest BCUT2D eigenvalue weighted by Gasteiger charge is 2.52. The van der Waals surface area contributed by atoms with Crippen LogP contribution in [0.3, 0.4) is 0 Å². The molecule has 0 spiro atoms. The van der Waals surface area contributed by atoms with Gasteiger partial charge in [0, 0.05) is 12.6 Å². The Labute approximate surface area is 303 Å². The zero-order chi connectivity index (χ0) is 39.7. The minimum absolute atomic E-state index is 0.0101. The van der Waals surface area contributed by atoms with Gasteiger partial charge in [-0.1, -0.05) is 12.1 Å². The Morgan fingerprint density at radius 1 is 0.906 bits per heavy atom. The Hall–Kier alpha value is -2.59. The molecule has 53 heavy (non-hydrogen) atoms. The second-order valence-electron chi connectivity index (χ2n) is 13.1. The number of halogens is 1. The van der Waals surface area contributed by atoms with Crippen molar-refractivity contribution in [2.45, 2.75) is 123 Å². The lowest BCUT2D eigenvalue weighted by atomic mass is 9.83.